The van der Waals surface area contributed by atoms with Gasteiger partial charge in [-0.25, -0.2) is 4.39 Å². The number of hydrogen-bond donors (Lipinski definition) is 0. The molecule has 3 nitrogen and oxygen atoms in total. The van der Waals surface area contributed by atoms with Gasteiger partial charge in [0.15, 0.2) is 0 Å². The van der Waals surface area contributed by atoms with Gasteiger partial charge in [0.1, 0.15) is 5.82 Å². The van der Waals surface area contributed by atoms with Gasteiger partial charge < -0.3 is 4.90 Å². The molecule has 0 unspecified atom stereocenters. The molecule has 0 aliphatic carbocycles. The van der Waals surface area contributed by atoms with Crippen molar-refractivity contribution < 1.29 is 14.0 Å². The summed E-state index contributed by atoms with van der Waals surface area (Å²) in [7, 11) is 0. The summed E-state index contributed by atoms with van der Waals surface area (Å²) in [6, 6.07) is 21.3. The Bertz CT molecular complexity index is 982. The Morgan fingerprint density at radius 3 is 2.32 bits per heavy atom. The minimum Gasteiger partial charge on any atom is -0.300 e. The van der Waals surface area contributed by atoms with Crippen LogP contribution in [0, 0.1) is 5.82 Å². The summed E-state index contributed by atoms with van der Waals surface area (Å²) in [5.41, 5.74) is 3.48. The number of rotatable bonds is 3. The Hall–Kier alpha value is -3.27. The maximum atomic E-state index is 13.6. The van der Waals surface area contributed by atoms with E-state index in [1.165, 1.54) is 23.1 Å². The van der Waals surface area contributed by atoms with Crippen molar-refractivity contribution in [2.75, 3.05) is 4.90 Å². The summed E-state index contributed by atoms with van der Waals surface area (Å²) in [6.45, 7) is 0.214. The SMILES string of the molecule is O=C1C(=O)N(Cc2ccccc2-c2ccccc2)c2cc(F)ccc21. The number of benzene rings is 3. The minimum atomic E-state index is -0.622. The van der Waals surface area contributed by atoms with Crippen LogP contribution in [0.1, 0.15) is 15.9 Å². The molecule has 3 aromatic rings. The monoisotopic (exact) mass is 331 g/mol. The van der Waals surface area contributed by atoms with E-state index in [9.17, 15) is 14.0 Å². The zero-order valence-electron chi connectivity index (χ0n) is 13.3. The van der Waals surface area contributed by atoms with Gasteiger partial charge in [0.05, 0.1) is 17.8 Å². The van der Waals surface area contributed by atoms with Gasteiger partial charge >= 0.3 is 0 Å². The normalized spacial score (nSPS) is 13.2. The lowest BCUT2D eigenvalue weighted by Crippen LogP contribution is -2.29. The molecule has 0 saturated carbocycles. The number of ketones is 1. The lowest BCUT2D eigenvalue weighted by atomic mass is 9.99. The number of carbonyl (C=O) groups is 2. The van der Waals surface area contributed by atoms with E-state index in [-0.39, 0.29) is 12.1 Å². The van der Waals surface area contributed by atoms with E-state index in [1.54, 1.807) is 0 Å². The van der Waals surface area contributed by atoms with E-state index in [1.807, 2.05) is 54.6 Å². The minimum absolute atomic E-state index is 0.214. The Labute approximate surface area is 144 Å². The Morgan fingerprint density at radius 1 is 0.800 bits per heavy atom. The highest BCUT2D eigenvalue weighted by Crippen LogP contribution is 2.33. The number of anilines is 1. The van der Waals surface area contributed by atoms with Crippen molar-refractivity contribution in [3.05, 3.63) is 89.7 Å². The molecule has 0 spiro atoms. The first-order valence-corrected chi connectivity index (χ1v) is 7.94. The van der Waals surface area contributed by atoms with E-state index in [0.717, 1.165) is 16.7 Å². The summed E-state index contributed by atoms with van der Waals surface area (Å²) >= 11 is 0. The molecule has 1 heterocycles. The van der Waals surface area contributed by atoms with Crippen LogP contribution in [0.25, 0.3) is 11.1 Å². The maximum Gasteiger partial charge on any atom is 0.299 e. The lowest BCUT2D eigenvalue weighted by molar-refractivity contribution is -0.114. The molecule has 0 bridgehead atoms. The number of hydrogen-bond acceptors (Lipinski definition) is 2. The largest absolute Gasteiger partial charge is 0.300 e. The van der Waals surface area contributed by atoms with Crippen molar-refractivity contribution in [1.29, 1.82) is 0 Å². The molecule has 0 N–H and O–H groups in total. The van der Waals surface area contributed by atoms with Gasteiger partial charge in [0.2, 0.25) is 0 Å². The fraction of sp³-hybridized carbons (Fsp3) is 0.0476. The number of carbonyl (C=O) groups excluding carboxylic acids is 2. The van der Waals surface area contributed by atoms with E-state index in [0.29, 0.717) is 5.69 Å². The predicted octanol–water partition coefficient (Wildman–Crippen LogP) is 4.22. The van der Waals surface area contributed by atoms with Crippen LogP contribution in [0.2, 0.25) is 0 Å². The third kappa shape index (κ3) is 2.62. The van der Waals surface area contributed by atoms with Gasteiger partial charge in [-0.15, -0.1) is 0 Å². The third-order valence-electron chi connectivity index (χ3n) is 4.37. The van der Waals surface area contributed by atoms with Crippen molar-refractivity contribution in [3.8, 4) is 11.1 Å². The van der Waals surface area contributed by atoms with Crippen LogP contribution >= 0.6 is 0 Å². The van der Waals surface area contributed by atoms with Crippen LogP contribution < -0.4 is 4.90 Å². The highest BCUT2D eigenvalue weighted by atomic mass is 19.1. The second-order valence-electron chi connectivity index (χ2n) is 5.91. The Balaban J connectivity index is 1.76. The molecule has 0 radical (unpaired) electrons. The predicted molar refractivity (Wildman–Crippen MR) is 93.8 cm³/mol. The van der Waals surface area contributed by atoms with Crippen molar-refractivity contribution in [3.63, 3.8) is 0 Å². The summed E-state index contributed by atoms with van der Waals surface area (Å²) in [5.74, 6) is -1.68. The first-order chi connectivity index (χ1) is 12.1. The average molecular weight is 331 g/mol. The Morgan fingerprint density at radius 2 is 1.52 bits per heavy atom. The van der Waals surface area contributed by atoms with E-state index in [2.05, 4.69) is 0 Å². The second kappa shape index (κ2) is 5.98. The number of amides is 1. The van der Waals surface area contributed by atoms with Gasteiger partial charge in [-0.1, -0.05) is 54.6 Å². The van der Waals surface area contributed by atoms with Gasteiger partial charge in [0, 0.05) is 0 Å². The van der Waals surface area contributed by atoms with Crippen LogP contribution in [-0.2, 0) is 11.3 Å². The van der Waals surface area contributed by atoms with Crippen molar-refractivity contribution in [2.45, 2.75) is 6.54 Å². The van der Waals surface area contributed by atoms with E-state index < -0.39 is 17.5 Å². The molecule has 1 aliphatic rings. The number of nitrogens with zero attached hydrogens (tertiary/aromatic N) is 1. The molecule has 4 rings (SSSR count). The fourth-order valence-corrected chi connectivity index (χ4v) is 3.15. The molecule has 4 heteroatoms. The third-order valence-corrected chi connectivity index (χ3v) is 4.37. The number of Topliss-reactive ketones (excluding diaryl/α,β-unsaturated/α-hetero) is 1. The standard InChI is InChI=1S/C21H14FNO2/c22-16-10-11-18-19(12-16)23(21(25)20(18)24)13-15-8-4-5-9-17(15)14-6-2-1-3-7-14/h1-12H,13H2. The highest BCUT2D eigenvalue weighted by Gasteiger charge is 2.36. The van der Waals surface area contributed by atoms with Crippen molar-refractivity contribution >= 4 is 17.4 Å². The van der Waals surface area contributed by atoms with Crippen molar-refractivity contribution in [1.82, 2.24) is 0 Å². The lowest BCUT2D eigenvalue weighted by Gasteiger charge is -2.19. The average Bonchev–Trinajstić information content (AvgIpc) is 2.87. The first kappa shape index (κ1) is 15.3. The number of halogens is 1. The molecular weight excluding hydrogens is 317 g/mol. The summed E-state index contributed by atoms with van der Waals surface area (Å²) in [4.78, 5) is 25.9. The van der Waals surface area contributed by atoms with Crippen LogP contribution in [0.5, 0.6) is 0 Å². The van der Waals surface area contributed by atoms with Crippen molar-refractivity contribution in [2.24, 2.45) is 0 Å². The van der Waals surface area contributed by atoms with Gasteiger partial charge in [0.25, 0.3) is 11.7 Å². The van der Waals surface area contributed by atoms with Crippen LogP contribution in [-0.4, -0.2) is 11.7 Å². The molecule has 0 atom stereocenters. The molecule has 0 aromatic heterocycles. The zero-order valence-corrected chi connectivity index (χ0v) is 13.3. The topological polar surface area (TPSA) is 37.4 Å². The molecule has 1 aliphatic heterocycles. The summed E-state index contributed by atoms with van der Waals surface area (Å²) in [5, 5.41) is 0. The molecule has 3 aromatic carbocycles. The summed E-state index contributed by atoms with van der Waals surface area (Å²) in [6.07, 6.45) is 0. The number of fused-ring (bicyclic) bond motifs is 1. The van der Waals surface area contributed by atoms with Gasteiger partial charge in [-0.05, 0) is 34.9 Å². The summed E-state index contributed by atoms with van der Waals surface area (Å²) < 4.78 is 13.6. The Kier molecular flexibility index (Phi) is 3.65. The maximum absolute atomic E-state index is 13.6. The van der Waals surface area contributed by atoms with E-state index >= 15 is 0 Å². The zero-order chi connectivity index (χ0) is 17.4. The van der Waals surface area contributed by atoms with Gasteiger partial charge in [-0.3, -0.25) is 9.59 Å². The quantitative estimate of drug-likeness (QED) is 0.674. The van der Waals surface area contributed by atoms with Crippen LogP contribution in [0.3, 0.4) is 0 Å². The molecule has 25 heavy (non-hydrogen) atoms. The molecule has 1 amide bonds. The fourth-order valence-electron chi connectivity index (χ4n) is 3.15. The molecular formula is C21H14FNO2. The molecule has 0 saturated heterocycles. The molecule has 122 valence electrons. The first-order valence-electron chi connectivity index (χ1n) is 7.94. The molecule has 0 fully saturated rings. The smallest absolute Gasteiger partial charge is 0.299 e. The van der Waals surface area contributed by atoms with Gasteiger partial charge in [-0.2, -0.15) is 0 Å². The highest BCUT2D eigenvalue weighted by molar-refractivity contribution is 6.52. The van der Waals surface area contributed by atoms with Crippen LogP contribution in [0.15, 0.2) is 72.8 Å². The second-order valence-corrected chi connectivity index (χ2v) is 5.91. The van der Waals surface area contributed by atoms with Crippen LogP contribution in [0.4, 0.5) is 10.1 Å². The van der Waals surface area contributed by atoms with E-state index in [4.69, 9.17) is 0 Å².